The molecule has 0 radical (unpaired) electrons. The third kappa shape index (κ3) is 3.74. The van der Waals surface area contributed by atoms with E-state index in [0.717, 1.165) is 16.3 Å². The first-order chi connectivity index (χ1) is 12.7. The minimum Gasteiger partial charge on any atom is -0.477 e. The number of carbonyl (C=O) groups is 1. The molecule has 28 heavy (non-hydrogen) atoms. The summed E-state index contributed by atoms with van der Waals surface area (Å²) in [6, 6.07) is 7.14. The zero-order chi connectivity index (χ0) is 19.9. The van der Waals surface area contributed by atoms with E-state index in [-0.39, 0.29) is 12.4 Å². The quantitative estimate of drug-likeness (QED) is 0.665. The van der Waals surface area contributed by atoms with Crippen LogP contribution in [0.1, 0.15) is 15.9 Å². The zero-order valence-corrected chi connectivity index (χ0v) is 15.7. The Kier molecular flexibility index (Phi) is 6.16. The summed E-state index contributed by atoms with van der Waals surface area (Å²) in [6.07, 6.45) is 0.911. The lowest BCUT2D eigenvalue weighted by Gasteiger charge is -2.15. The first kappa shape index (κ1) is 21.5. The highest BCUT2D eigenvalue weighted by molar-refractivity contribution is 5.93. The molecule has 3 aromatic rings. The topological polar surface area (TPSA) is 62.5 Å². The summed E-state index contributed by atoms with van der Waals surface area (Å²) < 4.78 is 42.9. The van der Waals surface area contributed by atoms with Crippen LogP contribution in [0, 0.1) is 17.5 Å². The van der Waals surface area contributed by atoms with Gasteiger partial charge in [-0.3, -0.25) is 4.79 Å². The first-order valence-corrected chi connectivity index (χ1v) is 7.91. The lowest BCUT2D eigenvalue weighted by molar-refractivity contribution is 0.0695. The molecule has 0 amide bonds. The van der Waals surface area contributed by atoms with Crippen LogP contribution in [0.5, 0.6) is 0 Å². The number of hydrogen-bond donors (Lipinski definition) is 1. The number of hydrogen-bond acceptors (Lipinski definition) is 3. The molecule has 1 heterocycles. The van der Waals surface area contributed by atoms with Gasteiger partial charge < -0.3 is 14.6 Å². The molecule has 0 bridgehead atoms. The molecule has 148 valence electrons. The van der Waals surface area contributed by atoms with Crippen LogP contribution in [-0.2, 0) is 6.54 Å². The molecule has 0 unspecified atom stereocenters. The fourth-order valence-electron chi connectivity index (χ4n) is 2.87. The van der Waals surface area contributed by atoms with E-state index in [1.54, 1.807) is 24.3 Å². The summed E-state index contributed by atoms with van der Waals surface area (Å²) in [5.41, 5.74) is -1.05. The van der Waals surface area contributed by atoms with Gasteiger partial charge in [-0.1, -0.05) is 12.1 Å². The van der Waals surface area contributed by atoms with Crippen molar-refractivity contribution in [3.05, 3.63) is 75.3 Å². The predicted octanol–water partition coefficient (Wildman–Crippen LogP) is 3.59. The van der Waals surface area contributed by atoms with Crippen molar-refractivity contribution in [1.29, 1.82) is 0 Å². The first-order valence-electron chi connectivity index (χ1n) is 7.91. The molecule has 2 aromatic carbocycles. The number of aromatic nitrogens is 1. The highest BCUT2D eigenvalue weighted by Crippen LogP contribution is 2.25. The lowest BCUT2D eigenvalue weighted by Crippen LogP contribution is -2.20. The predicted molar refractivity (Wildman–Crippen MR) is 101 cm³/mol. The average Bonchev–Trinajstić information content (AvgIpc) is 2.60. The van der Waals surface area contributed by atoms with Crippen molar-refractivity contribution in [2.45, 2.75) is 6.54 Å². The van der Waals surface area contributed by atoms with Crippen molar-refractivity contribution in [2.75, 3.05) is 14.1 Å². The number of carboxylic acid groups (broad SMARTS) is 1. The van der Waals surface area contributed by atoms with Gasteiger partial charge >= 0.3 is 5.97 Å². The van der Waals surface area contributed by atoms with Crippen LogP contribution in [0.25, 0.3) is 16.6 Å². The molecule has 0 saturated carbocycles. The number of rotatable bonds is 4. The molecule has 0 aliphatic heterocycles. The molecular weight excluding hydrogens is 397 g/mol. The highest BCUT2D eigenvalue weighted by atomic mass is 35.5. The molecule has 9 heteroatoms. The van der Waals surface area contributed by atoms with Crippen molar-refractivity contribution < 1.29 is 23.1 Å². The van der Waals surface area contributed by atoms with Crippen molar-refractivity contribution in [3.63, 3.8) is 0 Å². The van der Waals surface area contributed by atoms with Crippen molar-refractivity contribution in [3.8, 4) is 5.69 Å². The third-order valence-electron chi connectivity index (χ3n) is 4.07. The van der Waals surface area contributed by atoms with Gasteiger partial charge in [0, 0.05) is 18.4 Å². The number of pyridine rings is 1. The van der Waals surface area contributed by atoms with Gasteiger partial charge in [0.1, 0.15) is 5.56 Å². The van der Waals surface area contributed by atoms with Gasteiger partial charge in [0.25, 0.3) is 0 Å². The zero-order valence-electron chi connectivity index (χ0n) is 14.9. The van der Waals surface area contributed by atoms with Crippen LogP contribution >= 0.6 is 12.4 Å². The smallest absolute Gasteiger partial charge is 0.341 e. The summed E-state index contributed by atoms with van der Waals surface area (Å²) in [4.78, 5) is 25.6. The van der Waals surface area contributed by atoms with Crippen molar-refractivity contribution >= 4 is 29.3 Å². The largest absolute Gasteiger partial charge is 0.477 e. The maximum absolute atomic E-state index is 14.4. The minimum atomic E-state index is -1.73. The average molecular weight is 413 g/mol. The Morgan fingerprint density at radius 2 is 1.71 bits per heavy atom. The Morgan fingerprint density at radius 3 is 2.25 bits per heavy atom. The van der Waals surface area contributed by atoms with Gasteiger partial charge in [0.2, 0.25) is 5.43 Å². The van der Waals surface area contributed by atoms with Crippen LogP contribution in [-0.4, -0.2) is 34.6 Å². The second-order valence-corrected chi connectivity index (χ2v) is 6.33. The molecule has 0 aliphatic rings. The van der Waals surface area contributed by atoms with Crippen LogP contribution in [0.2, 0.25) is 0 Å². The fraction of sp³-hybridized carbons (Fsp3) is 0.158. The number of nitrogens with zero attached hydrogens (tertiary/aromatic N) is 2. The summed E-state index contributed by atoms with van der Waals surface area (Å²) in [6.45, 7) is 0.639. The monoisotopic (exact) mass is 412 g/mol. The summed E-state index contributed by atoms with van der Waals surface area (Å²) in [5, 5.41) is 8.70. The molecule has 0 saturated heterocycles. The molecule has 0 spiro atoms. The molecule has 3 rings (SSSR count). The van der Waals surface area contributed by atoms with Crippen molar-refractivity contribution in [2.24, 2.45) is 0 Å². The van der Waals surface area contributed by atoms with Gasteiger partial charge in [-0.25, -0.2) is 18.0 Å². The SMILES string of the molecule is CN(C)Cc1ccc(-n2cc(C(=O)O)c(=O)c3cc(F)c(F)c(F)c32)cc1.Cl. The Balaban J connectivity index is 0.00000280. The second-order valence-electron chi connectivity index (χ2n) is 6.33. The van der Waals surface area contributed by atoms with E-state index in [1.807, 2.05) is 19.0 Å². The molecule has 5 nitrogen and oxygen atoms in total. The van der Waals surface area contributed by atoms with Gasteiger partial charge in [0.15, 0.2) is 17.5 Å². The van der Waals surface area contributed by atoms with E-state index in [0.29, 0.717) is 18.3 Å². The molecule has 0 fully saturated rings. The van der Waals surface area contributed by atoms with E-state index < -0.39 is 45.3 Å². The number of benzene rings is 2. The van der Waals surface area contributed by atoms with Crippen LogP contribution in [0.4, 0.5) is 13.2 Å². The van der Waals surface area contributed by atoms with E-state index in [9.17, 15) is 27.9 Å². The third-order valence-corrected chi connectivity index (χ3v) is 4.07. The Morgan fingerprint density at radius 1 is 1.11 bits per heavy atom. The lowest BCUT2D eigenvalue weighted by atomic mass is 10.1. The normalized spacial score (nSPS) is 10.9. The Bertz CT molecular complexity index is 1110. The summed E-state index contributed by atoms with van der Waals surface area (Å²) in [5.74, 6) is -6.41. The van der Waals surface area contributed by atoms with Crippen LogP contribution in [0.15, 0.2) is 41.3 Å². The summed E-state index contributed by atoms with van der Waals surface area (Å²) in [7, 11) is 3.77. The molecule has 1 N–H and O–H groups in total. The number of halogens is 4. The highest BCUT2D eigenvalue weighted by Gasteiger charge is 2.22. The van der Waals surface area contributed by atoms with Gasteiger partial charge in [-0.2, -0.15) is 0 Å². The van der Waals surface area contributed by atoms with Crippen molar-refractivity contribution in [1.82, 2.24) is 9.47 Å². The number of aromatic carboxylic acids is 1. The molecule has 1 aromatic heterocycles. The van der Waals surface area contributed by atoms with E-state index >= 15 is 0 Å². The number of fused-ring (bicyclic) bond motifs is 1. The van der Waals surface area contributed by atoms with Crippen LogP contribution in [0.3, 0.4) is 0 Å². The number of carboxylic acids is 1. The standard InChI is InChI=1S/C19H15F3N2O3.ClH/c1-23(2)8-10-3-5-11(6-4-10)24-9-13(19(26)27)18(25)12-7-14(20)15(21)16(22)17(12)24;/h3-7,9H,8H2,1-2H3,(H,26,27);1H. The summed E-state index contributed by atoms with van der Waals surface area (Å²) >= 11 is 0. The molecule has 0 atom stereocenters. The van der Waals surface area contributed by atoms with E-state index in [1.165, 1.54) is 0 Å². The van der Waals surface area contributed by atoms with Crippen LogP contribution < -0.4 is 5.43 Å². The van der Waals surface area contributed by atoms with Gasteiger partial charge in [-0.15, -0.1) is 12.4 Å². The minimum absolute atomic E-state index is 0. The maximum Gasteiger partial charge on any atom is 0.341 e. The fourth-order valence-corrected chi connectivity index (χ4v) is 2.87. The maximum atomic E-state index is 14.4. The molecular formula is C19H16ClF3N2O3. The second kappa shape index (κ2) is 8.04. The van der Waals surface area contributed by atoms with E-state index in [2.05, 4.69) is 0 Å². The van der Waals surface area contributed by atoms with Gasteiger partial charge in [0.05, 0.1) is 10.9 Å². The molecule has 0 aliphatic carbocycles. The van der Waals surface area contributed by atoms with E-state index in [4.69, 9.17) is 0 Å². The van der Waals surface area contributed by atoms with Gasteiger partial charge in [-0.05, 0) is 37.9 Å². The Hall–Kier alpha value is -2.84. The Labute approximate surface area is 164 Å².